The van der Waals surface area contributed by atoms with Gasteiger partial charge in [0.2, 0.25) is 0 Å². The number of anilines is 4. The predicted molar refractivity (Wildman–Crippen MR) is 124 cm³/mol. The maximum Gasteiger partial charge on any atom is 0.259 e. The van der Waals surface area contributed by atoms with Crippen molar-refractivity contribution < 1.29 is 28.5 Å². The lowest BCUT2D eigenvalue weighted by Crippen LogP contribution is -2.19. The van der Waals surface area contributed by atoms with E-state index < -0.39 is 11.8 Å². The largest absolute Gasteiger partial charge is 0.497 e. The first-order valence-corrected chi connectivity index (χ1v) is 9.98. The van der Waals surface area contributed by atoms with Gasteiger partial charge in [0.25, 0.3) is 11.8 Å². The number of hydrogen-bond acceptors (Lipinski definition) is 8. The zero-order valence-electron chi connectivity index (χ0n) is 18.6. The number of fused-ring (bicyclic) bond motifs is 1. The van der Waals surface area contributed by atoms with Crippen molar-refractivity contribution in [1.29, 1.82) is 0 Å². The van der Waals surface area contributed by atoms with Crippen molar-refractivity contribution in [3.63, 3.8) is 0 Å². The fourth-order valence-corrected chi connectivity index (χ4v) is 3.49. The van der Waals surface area contributed by atoms with Gasteiger partial charge in [0.15, 0.2) is 0 Å². The second-order valence-corrected chi connectivity index (χ2v) is 7.18. The van der Waals surface area contributed by atoms with Gasteiger partial charge < -0.3 is 29.6 Å². The van der Waals surface area contributed by atoms with Gasteiger partial charge >= 0.3 is 0 Å². The Kier molecular flexibility index (Phi) is 5.95. The molecule has 0 unspecified atom stereocenters. The van der Waals surface area contributed by atoms with Gasteiger partial charge in [0.1, 0.15) is 23.0 Å². The zero-order chi connectivity index (χ0) is 23.5. The van der Waals surface area contributed by atoms with Crippen LogP contribution < -0.4 is 34.9 Å². The lowest BCUT2D eigenvalue weighted by molar-refractivity contribution is 0.0879. The number of imide groups is 1. The van der Waals surface area contributed by atoms with Crippen LogP contribution in [0.1, 0.15) is 20.7 Å². The highest BCUT2D eigenvalue weighted by atomic mass is 16.5. The Balaban J connectivity index is 1.79. The molecule has 9 heteroatoms. The van der Waals surface area contributed by atoms with E-state index >= 15 is 0 Å². The van der Waals surface area contributed by atoms with E-state index in [0.717, 1.165) is 0 Å². The Morgan fingerprint density at radius 2 is 0.879 bits per heavy atom. The van der Waals surface area contributed by atoms with Gasteiger partial charge in [-0.05, 0) is 12.1 Å². The minimum Gasteiger partial charge on any atom is -0.497 e. The smallest absolute Gasteiger partial charge is 0.259 e. The monoisotopic (exact) mass is 449 g/mol. The first-order valence-electron chi connectivity index (χ1n) is 9.98. The van der Waals surface area contributed by atoms with Gasteiger partial charge in [-0.25, -0.2) is 0 Å². The van der Waals surface area contributed by atoms with Crippen LogP contribution in [-0.2, 0) is 0 Å². The van der Waals surface area contributed by atoms with E-state index in [2.05, 4.69) is 16.0 Å². The minimum atomic E-state index is -0.448. The summed E-state index contributed by atoms with van der Waals surface area (Å²) in [7, 11) is 6.25. The molecular formula is C24H23N3O6. The number of carbonyl (C=O) groups is 2. The quantitative estimate of drug-likeness (QED) is 0.442. The van der Waals surface area contributed by atoms with Crippen LogP contribution >= 0.6 is 0 Å². The molecule has 0 aromatic heterocycles. The SMILES string of the molecule is COc1cc(Nc2cc3c(cc2Nc2cc(OC)cc(OC)c2)C(=O)NC3=O)cc(OC)c1. The van der Waals surface area contributed by atoms with E-state index in [4.69, 9.17) is 18.9 Å². The van der Waals surface area contributed by atoms with Crippen LogP contribution in [0.25, 0.3) is 0 Å². The van der Waals surface area contributed by atoms with Crippen molar-refractivity contribution in [2.75, 3.05) is 39.1 Å². The molecule has 1 aliphatic heterocycles. The number of carbonyl (C=O) groups excluding carboxylic acids is 2. The van der Waals surface area contributed by atoms with Gasteiger partial charge in [-0.3, -0.25) is 14.9 Å². The molecular weight excluding hydrogens is 426 g/mol. The number of nitrogens with one attached hydrogen (secondary N) is 3. The number of rotatable bonds is 8. The normalized spacial score (nSPS) is 12.0. The summed E-state index contributed by atoms with van der Waals surface area (Å²) in [5.74, 6) is 1.48. The summed E-state index contributed by atoms with van der Waals surface area (Å²) < 4.78 is 21.4. The third-order valence-electron chi connectivity index (χ3n) is 5.13. The molecule has 0 spiro atoms. The molecule has 0 saturated carbocycles. The zero-order valence-corrected chi connectivity index (χ0v) is 18.6. The Morgan fingerprint density at radius 1 is 0.545 bits per heavy atom. The average Bonchev–Trinajstić information content (AvgIpc) is 3.10. The second kappa shape index (κ2) is 8.99. The van der Waals surface area contributed by atoms with Crippen LogP contribution in [0.4, 0.5) is 22.7 Å². The third-order valence-corrected chi connectivity index (χ3v) is 5.13. The number of ether oxygens (including phenoxy) is 4. The van der Waals surface area contributed by atoms with Crippen molar-refractivity contribution >= 4 is 34.6 Å². The summed E-state index contributed by atoms with van der Waals surface area (Å²) in [6.45, 7) is 0. The van der Waals surface area contributed by atoms with Gasteiger partial charge in [0, 0.05) is 47.8 Å². The van der Waals surface area contributed by atoms with E-state index in [1.807, 2.05) is 0 Å². The fourth-order valence-electron chi connectivity index (χ4n) is 3.49. The summed E-state index contributed by atoms with van der Waals surface area (Å²) in [6, 6.07) is 13.9. The topological polar surface area (TPSA) is 107 Å². The first kappa shape index (κ1) is 21.8. The molecule has 0 fully saturated rings. The summed E-state index contributed by atoms with van der Waals surface area (Å²) in [4.78, 5) is 24.5. The molecule has 0 aliphatic carbocycles. The van der Waals surface area contributed by atoms with Crippen molar-refractivity contribution in [3.05, 3.63) is 59.7 Å². The highest BCUT2D eigenvalue weighted by molar-refractivity contribution is 6.22. The molecule has 0 radical (unpaired) electrons. The van der Waals surface area contributed by atoms with Crippen LogP contribution in [0.2, 0.25) is 0 Å². The van der Waals surface area contributed by atoms with Crippen LogP contribution in [0.15, 0.2) is 48.5 Å². The molecule has 2 amide bonds. The standard InChI is InChI=1S/C24H23N3O6/c1-30-15-5-13(6-16(9-15)31-2)25-21-11-19-20(24(29)27-23(19)28)12-22(21)26-14-7-17(32-3)10-18(8-14)33-4/h5-12,25-26H,1-4H3,(H,27,28,29). The molecule has 3 N–H and O–H groups in total. The Morgan fingerprint density at radius 3 is 1.18 bits per heavy atom. The van der Waals surface area contributed by atoms with Gasteiger partial charge in [-0.2, -0.15) is 0 Å². The molecule has 0 atom stereocenters. The highest BCUT2D eigenvalue weighted by Crippen LogP contribution is 2.37. The minimum absolute atomic E-state index is 0.283. The third kappa shape index (κ3) is 4.47. The van der Waals surface area contributed by atoms with Crippen molar-refractivity contribution in [2.45, 2.75) is 0 Å². The van der Waals surface area contributed by atoms with E-state index in [1.165, 1.54) is 0 Å². The second-order valence-electron chi connectivity index (χ2n) is 7.18. The molecule has 0 bridgehead atoms. The highest BCUT2D eigenvalue weighted by Gasteiger charge is 2.28. The van der Waals surface area contributed by atoms with Crippen LogP contribution in [0.3, 0.4) is 0 Å². The van der Waals surface area contributed by atoms with Crippen LogP contribution in [0, 0.1) is 0 Å². The molecule has 33 heavy (non-hydrogen) atoms. The predicted octanol–water partition coefficient (Wildman–Crippen LogP) is 4.09. The maximum absolute atomic E-state index is 12.3. The molecule has 9 nitrogen and oxygen atoms in total. The molecule has 1 heterocycles. The molecule has 4 rings (SSSR count). The Hall–Kier alpha value is -4.40. The molecule has 0 saturated heterocycles. The van der Waals surface area contributed by atoms with Crippen molar-refractivity contribution in [1.82, 2.24) is 5.32 Å². The summed E-state index contributed by atoms with van der Waals surface area (Å²) in [6.07, 6.45) is 0. The lowest BCUT2D eigenvalue weighted by Gasteiger charge is -2.17. The fraction of sp³-hybridized carbons (Fsp3) is 0.167. The molecule has 1 aliphatic rings. The first-order chi connectivity index (χ1) is 15.9. The molecule has 3 aromatic carbocycles. The average molecular weight is 449 g/mol. The Bertz CT molecular complexity index is 1100. The number of hydrogen-bond donors (Lipinski definition) is 3. The van der Waals surface area contributed by atoms with Crippen LogP contribution in [-0.4, -0.2) is 40.3 Å². The number of benzene rings is 3. The summed E-state index contributed by atoms with van der Waals surface area (Å²) in [5.41, 5.74) is 3.04. The van der Waals surface area contributed by atoms with Gasteiger partial charge in [-0.1, -0.05) is 0 Å². The maximum atomic E-state index is 12.3. The summed E-state index contributed by atoms with van der Waals surface area (Å²) >= 11 is 0. The summed E-state index contributed by atoms with van der Waals surface area (Å²) in [5, 5.41) is 8.90. The Labute approximate surface area is 190 Å². The van der Waals surface area contributed by atoms with E-state index in [0.29, 0.717) is 45.7 Å². The van der Waals surface area contributed by atoms with Crippen molar-refractivity contribution in [3.8, 4) is 23.0 Å². The molecule has 170 valence electrons. The van der Waals surface area contributed by atoms with Gasteiger partial charge in [0.05, 0.1) is 50.9 Å². The van der Waals surface area contributed by atoms with Gasteiger partial charge in [-0.15, -0.1) is 0 Å². The van der Waals surface area contributed by atoms with E-state index in [1.54, 1.807) is 77.0 Å². The molecule has 3 aromatic rings. The lowest BCUT2D eigenvalue weighted by atomic mass is 10.1. The van der Waals surface area contributed by atoms with Crippen LogP contribution in [0.5, 0.6) is 23.0 Å². The number of amides is 2. The van der Waals surface area contributed by atoms with E-state index in [9.17, 15) is 9.59 Å². The number of methoxy groups -OCH3 is 4. The van der Waals surface area contributed by atoms with E-state index in [-0.39, 0.29) is 11.1 Å². The van der Waals surface area contributed by atoms with Crippen molar-refractivity contribution in [2.24, 2.45) is 0 Å².